The average Bonchev–Trinajstić information content (AvgIpc) is 2.95. The molecular weight excluding hydrogens is 298 g/mol. The van der Waals surface area contributed by atoms with Crippen LogP contribution in [0.2, 0.25) is 0 Å². The van der Waals surface area contributed by atoms with E-state index in [2.05, 4.69) is 0 Å². The molecule has 1 aromatic rings. The first-order chi connectivity index (χ1) is 9.36. The van der Waals surface area contributed by atoms with Crippen LogP contribution in [0.4, 0.5) is 0 Å². The van der Waals surface area contributed by atoms with E-state index in [1.54, 1.807) is 21.1 Å². The van der Waals surface area contributed by atoms with Crippen molar-refractivity contribution < 1.29 is 8.42 Å². The summed E-state index contributed by atoms with van der Waals surface area (Å²) in [5, 5.41) is 0. The summed E-state index contributed by atoms with van der Waals surface area (Å²) in [7, 11) is 2.34. The van der Waals surface area contributed by atoms with Crippen molar-refractivity contribution in [1.29, 1.82) is 0 Å². The Morgan fingerprint density at radius 1 is 1.45 bits per heavy atom. The van der Waals surface area contributed by atoms with Crippen molar-refractivity contribution in [2.75, 3.05) is 27.2 Å². The molecule has 0 aromatic carbocycles. The van der Waals surface area contributed by atoms with Crippen LogP contribution in [-0.4, -0.2) is 55.4 Å². The lowest BCUT2D eigenvalue weighted by atomic mass is 10.2. The molecular formula is C13H22ClN3O2S. The summed E-state index contributed by atoms with van der Waals surface area (Å²) in [6, 6.07) is 1.74. The highest BCUT2D eigenvalue weighted by atomic mass is 35.5. The number of likely N-dealkylation sites (N-methyl/N-ethyl adjacent to an activating group) is 1. The molecule has 0 aliphatic carbocycles. The van der Waals surface area contributed by atoms with E-state index in [-0.39, 0.29) is 6.04 Å². The van der Waals surface area contributed by atoms with Crippen LogP contribution >= 0.6 is 11.6 Å². The molecule has 0 bridgehead atoms. The van der Waals surface area contributed by atoms with E-state index in [0.29, 0.717) is 17.3 Å². The van der Waals surface area contributed by atoms with E-state index in [1.807, 2.05) is 26.0 Å². The summed E-state index contributed by atoms with van der Waals surface area (Å²) in [5.41, 5.74) is 0.814. The van der Waals surface area contributed by atoms with Crippen molar-refractivity contribution in [3.05, 3.63) is 18.0 Å². The number of hydrogen-bond acceptors (Lipinski definition) is 3. The lowest BCUT2D eigenvalue weighted by Gasteiger charge is -2.26. The minimum absolute atomic E-state index is 0.0645. The smallest absolute Gasteiger partial charge is 0.244 e. The Balaban J connectivity index is 2.28. The van der Waals surface area contributed by atoms with Gasteiger partial charge in [-0.25, -0.2) is 8.42 Å². The van der Waals surface area contributed by atoms with Gasteiger partial charge >= 0.3 is 0 Å². The van der Waals surface area contributed by atoms with E-state index < -0.39 is 10.0 Å². The summed E-state index contributed by atoms with van der Waals surface area (Å²) >= 11 is 5.82. The second kappa shape index (κ2) is 6.05. The number of aryl methyl sites for hydroxylation is 1. The lowest BCUT2D eigenvalue weighted by Crippen LogP contribution is -2.41. The molecule has 1 saturated heterocycles. The van der Waals surface area contributed by atoms with Gasteiger partial charge in [0, 0.05) is 38.1 Å². The molecule has 114 valence electrons. The second-order valence-electron chi connectivity index (χ2n) is 5.59. The first-order valence-corrected chi connectivity index (χ1v) is 8.71. The van der Waals surface area contributed by atoms with Gasteiger partial charge in [-0.2, -0.15) is 4.31 Å². The van der Waals surface area contributed by atoms with Crippen LogP contribution in [-0.2, 0) is 23.0 Å². The maximum absolute atomic E-state index is 12.8. The van der Waals surface area contributed by atoms with Gasteiger partial charge in [0.05, 0.1) is 5.88 Å². The van der Waals surface area contributed by atoms with Gasteiger partial charge in [-0.05, 0) is 33.0 Å². The molecule has 1 aromatic heterocycles. The Morgan fingerprint density at radius 2 is 2.15 bits per heavy atom. The van der Waals surface area contributed by atoms with Crippen LogP contribution in [0.1, 0.15) is 18.5 Å². The van der Waals surface area contributed by atoms with Crippen LogP contribution < -0.4 is 0 Å². The number of sulfonamides is 1. The molecule has 1 unspecified atom stereocenters. The van der Waals surface area contributed by atoms with Gasteiger partial charge in [0.25, 0.3) is 0 Å². The van der Waals surface area contributed by atoms with Gasteiger partial charge in [-0.1, -0.05) is 0 Å². The molecule has 7 heteroatoms. The fourth-order valence-electron chi connectivity index (χ4n) is 2.72. The third kappa shape index (κ3) is 3.03. The number of nitrogens with zero attached hydrogens (tertiary/aromatic N) is 3. The predicted molar refractivity (Wildman–Crippen MR) is 80.4 cm³/mol. The van der Waals surface area contributed by atoms with Crippen molar-refractivity contribution in [2.45, 2.75) is 29.7 Å². The Bertz CT molecular complexity index is 568. The maximum Gasteiger partial charge on any atom is 0.244 e. The molecule has 1 aliphatic heterocycles. The Kier molecular flexibility index (Phi) is 4.79. The monoisotopic (exact) mass is 319 g/mol. The summed E-state index contributed by atoms with van der Waals surface area (Å²) in [4.78, 5) is 2.38. The highest BCUT2D eigenvalue weighted by molar-refractivity contribution is 7.89. The van der Waals surface area contributed by atoms with E-state index in [0.717, 1.165) is 25.1 Å². The zero-order chi connectivity index (χ0) is 14.9. The number of aromatic nitrogens is 1. The molecule has 2 heterocycles. The van der Waals surface area contributed by atoms with Crippen LogP contribution in [0.5, 0.6) is 0 Å². The summed E-state index contributed by atoms with van der Waals surface area (Å²) in [6.07, 6.45) is 3.50. The number of hydrogen-bond donors (Lipinski definition) is 0. The number of halogens is 1. The van der Waals surface area contributed by atoms with Crippen molar-refractivity contribution in [2.24, 2.45) is 7.05 Å². The van der Waals surface area contributed by atoms with Gasteiger partial charge in [0.15, 0.2) is 0 Å². The van der Waals surface area contributed by atoms with Gasteiger partial charge in [-0.15, -0.1) is 11.6 Å². The molecule has 2 rings (SSSR count). The molecule has 20 heavy (non-hydrogen) atoms. The summed E-state index contributed by atoms with van der Waals surface area (Å²) in [5.74, 6) is 0.313. The Morgan fingerprint density at radius 3 is 2.70 bits per heavy atom. The van der Waals surface area contributed by atoms with E-state index in [4.69, 9.17) is 11.6 Å². The molecule has 0 spiro atoms. The fraction of sp³-hybridized carbons (Fsp3) is 0.692. The topological polar surface area (TPSA) is 45.6 Å². The van der Waals surface area contributed by atoms with Gasteiger partial charge in [0.2, 0.25) is 10.0 Å². The molecule has 0 N–H and O–H groups in total. The van der Waals surface area contributed by atoms with Gasteiger partial charge < -0.3 is 9.47 Å². The molecule has 1 aliphatic rings. The van der Waals surface area contributed by atoms with Gasteiger partial charge in [-0.3, -0.25) is 0 Å². The van der Waals surface area contributed by atoms with Crippen molar-refractivity contribution in [3.63, 3.8) is 0 Å². The number of alkyl halides is 1. The summed E-state index contributed by atoms with van der Waals surface area (Å²) in [6.45, 7) is 1.36. The minimum atomic E-state index is -3.42. The second-order valence-corrected chi connectivity index (χ2v) is 7.74. The van der Waals surface area contributed by atoms with E-state index in [9.17, 15) is 8.42 Å². The highest BCUT2D eigenvalue weighted by Crippen LogP contribution is 2.27. The first-order valence-electron chi connectivity index (χ1n) is 6.74. The molecule has 0 saturated carbocycles. The zero-order valence-electron chi connectivity index (χ0n) is 12.2. The molecule has 1 fully saturated rings. The molecule has 1 atom stereocenters. The van der Waals surface area contributed by atoms with Crippen LogP contribution in [0.3, 0.4) is 0 Å². The first kappa shape index (κ1) is 15.8. The van der Waals surface area contributed by atoms with Crippen molar-refractivity contribution >= 4 is 21.6 Å². The molecule has 0 amide bonds. The SMILES string of the molecule is CN(C)CC1CCCN1S(=O)(=O)c1cc(CCl)n(C)c1. The van der Waals surface area contributed by atoms with Crippen LogP contribution in [0.15, 0.2) is 17.2 Å². The third-order valence-electron chi connectivity index (χ3n) is 3.73. The Hall–Kier alpha value is -0.560. The zero-order valence-corrected chi connectivity index (χ0v) is 13.8. The standard InChI is InChI=1S/C13H22ClN3O2S/c1-15(2)9-11-5-4-6-17(11)20(18,19)13-7-12(8-14)16(3)10-13/h7,10-11H,4-6,8-9H2,1-3H3. The Labute approximate surface area is 126 Å². The molecule has 0 radical (unpaired) electrons. The largest absolute Gasteiger partial charge is 0.352 e. The third-order valence-corrected chi connectivity index (χ3v) is 5.92. The van der Waals surface area contributed by atoms with Crippen LogP contribution in [0, 0.1) is 0 Å². The van der Waals surface area contributed by atoms with E-state index >= 15 is 0 Å². The quantitative estimate of drug-likeness (QED) is 0.772. The normalized spacial score (nSPS) is 20.9. The highest BCUT2D eigenvalue weighted by Gasteiger charge is 2.36. The number of rotatable bonds is 5. The maximum atomic E-state index is 12.8. The van der Waals surface area contributed by atoms with Crippen LogP contribution in [0.25, 0.3) is 0 Å². The van der Waals surface area contributed by atoms with Crippen molar-refractivity contribution in [1.82, 2.24) is 13.8 Å². The minimum Gasteiger partial charge on any atom is -0.352 e. The van der Waals surface area contributed by atoms with Crippen molar-refractivity contribution in [3.8, 4) is 0 Å². The average molecular weight is 320 g/mol. The molecule has 5 nitrogen and oxygen atoms in total. The predicted octanol–water partition coefficient (Wildman–Crippen LogP) is 1.48. The fourth-order valence-corrected chi connectivity index (χ4v) is 4.76. The lowest BCUT2D eigenvalue weighted by molar-refractivity contribution is 0.291. The summed E-state index contributed by atoms with van der Waals surface area (Å²) < 4.78 is 28.9. The van der Waals surface area contributed by atoms with E-state index in [1.165, 1.54) is 0 Å². The van der Waals surface area contributed by atoms with Gasteiger partial charge in [0.1, 0.15) is 4.90 Å².